The second-order valence-electron chi connectivity index (χ2n) is 5.39. The number of ether oxygens (including phenoxy) is 1. The van der Waals surface area contributed by atoms with Crippen LogP contribution in [0.5, 0.6) is 0 Å². The van der Waals surface area contributed by atoms with Crippen molar-refractivity contribution in [1.82, 2.24) is 15.5 Å². The van der Waals surface area contributed by atoms with Crippen LogP contribution >= 0.6 is 0 Å². The number of nitrogens with zero attached hydrogens (tertiary/aromatic N) is 2. The van der Waals surface area contributed by atoms with E-state index < -0.39 is 0 Å². The topological polar surface area (TPSA) is 94.5 Å². The van der Waals surface area contributed by atoms with Crippen LogP contribution in [0.1, 0.15) is 24.0 Å². The molecule has 23 heavy (non-hydrogen) atoms. The number of methoxy groups -OCH3 is 1. The lowest BCUT2D eigenvalue weighted by Gasteiger charge is -2.32. The minimum Gasteiger partial charge on any atom is -0.453 e. The first-order valence-electron chi connectivity index (χ1n) is 7.48. The molecule has 1 aromatic rings. The van der Waals surface area contributed by atoms with Gasteiger partial charge in [-0.3, -0.25) is 0 Å². The largest absolute Gasteiger partial charge is 0.453 e. The predicted molar refractivity (Wildman–Crippen MR) is 83.5 cm³/mol. The molecular weight excluding hydrogens is 296 g/mol. The Balaban J connectivity index is 1.77. The van der Waals surface area contributed by atoms with Crippen LogP contribution in [0.4, 0.5) is 9.59 Å². The number of amides is 3. The third-order valence-electron chi connectivity index (χ3n) is 3.73. The summed E-state index contributed by atoms with van der Waals surface area (Å²) in [5.74, 6) is 0. The lowest BCUT2D eigenvalue weighted by molar-refractivity contribution is 0.108. The van der Waals surface area contributed by atoms with Gasteiger partial charge in [0.2, 0.25) is 0 Å². The Morgan fingerprint density at radius 3 is 2.78 bits per heavy atom. The van der Waals surface area contributed by atoms with Gasteiger partial charge in [-0.25, -0.2) is 9.59 Å². The van der Waals surface area contributed by atoms with Gasteiger partial charge in [0, 0.05) is 25.7 Å². The van der Waals surface area contributed by atoms with Gasteiger partial charge in [-0.05, 0) is 30.5 Å². The Morgan fingerprint density at radius 2 is 2.13 bits per heavy atom. The van der Waals surface area contributed by atoms with Gasteiger partial charge in [-0.1, -0.05) is 12.1 Å². The van der Waals surface area contributed by atoms with Crippen molar-refractivity contribution in [3.8, 4) is 6.07 Å². The van der Waals surface area contributed by atoms with Gasteiger partial charge >= 0.3 is 12.1 Å². The number of likely N-dealkylation sites (tertiary alicyclic amines) is 1. The van der Waals surface area contributed by atoms with Gasteiger partial charge in [-0.2, -0.15) is 5.26 Å². The summed E-state index contributed by atoms with van der Waals surface area (Å²) in [7, 11) is 1.35. The van der Waals surface area contributed by atoms with Crippen molar-refractivity contribution in [1.29, 1.82) is 5.26 Å². The summed E-state index contributed by atoms with van der Waals surface area (Å²) in [6, 6.07) is 8.73. The average Bonchev–Trinajstić information content (AvgIpc) is 2.60. The van der Waals surface area contributed by atoms with E-state index in [-0.39, 0.29) is 18.2 Å². The lowest BCUT2D eigenvalue weighted by Crippen LogP contribution is -2.51. The first kappa shape index (κ1) is 16.6. The third-order valence-corrected chi connectivity index (χ3v) is 3.73. The molecule has 2 rings (SSSR count). The number of benzene rings is 1. The number of piperidine rings is 1. The molecule has 0 radical (unpaired) electrons. The highest BCUT2D eigenvalue weighted by Crippen LogP contribution is 2.11. The fraction of sp³-hybridized carbons (Fsp3) is 0.438. The summed E-state index contributed by atoms with van der Waals surface area (Å²) in [5.41, 5.74) is 1.50. The molecule has 1 saturated heterocycles. The minimum absolute atomic E-state index is 0.0798. The third kappa shape index (κ3) is 4.88. The Bertz CT molecular complexity index is 594. The van der Waals surface area contributed by atoms with E-state index >= 15 is 0 Å². The van der Waals surface area contributed by atoms with Crippen molar-refractivity contribution in [2.24, 2.45) is 0 Å². The summed E-state index contributed by atoms with van der Waals surface area (Å²) < 4.78 is 4.70. The molecule has 0 unspecified atom stereocenters. The number of carbonyl (C=O) groups excluding carboxylic acids is 2. The van der Waals surface area contributed by atoms with E-state index in [1.165, 1.54) is 7.11 Å². The normalized spacial score (nSPS) is 17.0. The first-order valence-corrected chi connectivity index (χ1v) is 7.48. The highest BCUT2D eigenvalue weighted by atomic mass is 16.5. The first-order chi connectivity index (χ1) is 11.1. The molecule has 7 nitrogen and oxygen atoms in total. The van der Waals surface area contributed by atoms with Crippen molar-refractivity contribution < 1.29 is 14.3 Å². The number of urea groups is 1. The average molecular weight is 316 g/mol. The van der Waals surface area contributed by atoms with Gasteiger partial charge in [0.05, 0.1) is 18.7 Å². The van der Waals surface area contributed by atoms with E-state index in [1.807, 2.05) is 6.07 Å². The molecule has 1 atom stereocenters. The summed E-state index contributed by atoms with van der Waals surface area (Å²) in [6.45, 7) is 1.49. The Labute approximate surface area is 135 Å². The molecule has 1 heterocycles. The molecule has 0 spiro atoms. The summed E-state index contributed by atoms with van der Waals surface area (Å²) in [5, 5.41) is 14.4. The number of hydrogen-bond donors (Lipinski definition) is 2. The number of hydrogen-bond acceptors (Lipinski definition) is 4. The highest BCUT2D eigenvalue weighted by Gasteiger charge is 2.25. The molecule has 122 valence electrons. The molecular formula is C16H20N4O3. The van der Waals surface area contributed by atoms with E-state index in [9.17, 15) is 9.59 Å². The number of nitriles is 1. The van der Waals surface area contributed by atoms with E-state index in [1.54, 1.807) is 29.2 Å². The number of carbonyl (C=O) groups is 2. The zero-order valence-electron chi connectivity index (χ0n) is 13.0. The molecule has 1 fully saturated rings. The van der Waals surface area contributed by atoms with Crippen LogP contribution < -0.4 is 10.6 Å². The predicted octanol–water partition coefficient (Wildman–Crippen LogP) is 1.59. The monoisotopic (exact) mass is 316 g/mol. The van der Waals surface area contributed by atoms with E-state index in [4.69, 9.17) is 10.00 Å². The maximum atomic E-state index is 11.9. The van der Waals surface area contributed by atoms with Crippen molar-refractivity contribution in [3.63, 3.8) is 0 Å². The second kappa shape index (κ2) is 8.03. The van der Waals surface area contributed by atoms with Crippen LogP contribution in [0.25, 0.3) is 0 Å². The summed E-state index contributed by atoms with van der Waals surface area (Å²) in [6.07, 6.45) is 1.29. The van der Waals surface area contributed by atoms with Crippen molar-refractivity contribution >= 4 is 12.1 Å². The van der Waals surface area contributed by atoms with E-state index in [2.05, 4.69) is 10.6 Å². The maximum Gasteiger partial charge on any atom is 0.409 e. The smallest absolute Gasteiger partial charge is 0.409 e. The zero-order valence-corrected chi connectivity index (χ0v) is 13.0. The van der Waals surface area contributed by atoms with Gasteiger partial charge in [0.15, 0.2) is 0 Å². The van der Waals surface area contributed by atoms with E-state index in [0.29, 0.717) is 25.2 Å². The summed E-state index contributed by atoms with van der Waals surface area (Å²) in [4.78, 5) is 25.1. The Hall–Kier alpha value is -2.75. The number of rotatable bonds is 3. The molecule has 2 N–H and O–H groups in total. The van der Waals surface area contributed by atoms with Crippen LogP contribution in [0.3, 0.4) is 0 Å². The van der Waals surface area contributed by atoms with Crippen molar-refractivity contribution in [2.45, 2.75) is 25.4 Å². The fourth-order valence-electron chi connectivity index (χ4n) is 2.51. The zero-order chi connectivity index (χ0) is 16.7. The molecule has 0 saturated carbocycles. The van der Waals surface area contributed by atoms with Gasteiger partial charge in [-0.15, -0.1) is 0 Å². The highest BCUT2D eigenvalue weighted by molar-refractivity contribution is 5.74. The van der Waals surface area contributed by atoms with Crippen LogP contribution in [0.2, 0.25) is 0 Å². The minimum atomic E-state index is -0.366. The van der Waals surface area contributed by atoms with Crippen molar-refractivity contribution in [3.05, 3.63) is 35.4 Å². The van der Waals surface area contributed by atoms with Gasteiger partial charge in [0.25, 0.3) is 0 Å². The Kier molecular flexibility index (Phi) is 5.80. The quantitative estimate of drug-likeness (QED) is 0.885. The number of nitrogens with one attached hydrogen (secondary N) is 2. The van der Waals surface area contributed by atoms with Gasteiger partial charge < -0.3 is 20.3 Å². The standard InChI is InChI=1S/C16H20N4O3/c1-23-16(22)20-8-2-3-14(11-20)19-15(21)18-10-13-6-4-12(9-17)5-7-13/h4-7,14H,2-3,8,10-11H2,1H3,(H2,18,19,21)/t14-/m0/s1. The van der Waals surface area contributed by atoms with Gasteiger partial charge in [0.1, 0.15) is 0 Å². The van der Waals surface area contributed by atoms with Crippen LogP contribution in [-0.2, 0) is 11.3 Å². The maximum absolute atomic E-state index is 11.9. The van der Waals surface area contributed by atoms with Crippen molar-refractivity contribution in [2.75, 3.05) is 20.2 Å². The fourth-order valence-corrected chi connectivity index (χ4v) is 2.51. The van der Waals surface area contributed by atoms with Crippen LogP contribution in [0, 0.1) is 11.3 Å². The molecule has 0 aliphatic carbocycles. The second-order valence-corrected chi connectivity index (χ2v) is 5.39. The molecule has 1 aliphatic rings. The molecule has 3 amide bonds. The SMILES string of the molecule is COC(=O)N1CCC[C@H](NC(=O)NCc2ccc(C#N)cc2)C1. The Morgan fingerprint density at radius 1 is 1.39 bits per heavy atom. The molecule has 0 bridgehead atoms. The summed E-state index contributed by atoms with van der Waals surface area (Å²) >= 11 is 0. The molecule has 1 aromatic carbocycles. The lowest BCUT2D eigenvalue weighted by atomic mass is 10.1. The molecule has 0 aromatic heterocycles. The molecule has 7 heteroatoms. The van der Waals surface area contributed by atoms with E-state index in [0.717, 1.165) is 18.4 Å². The van der Waals surface area contributed by atoms with Crippen LogP contribution in [0.15, 0.2) is 24.3 Å². The van der Waals surface area contributed by atoms with Crippen LogP contribution in [-0.4, -0.2) is 43.3 Å². The molecule has 1 aliphatic heterocycles.